The average molecular weight is 244 g/mol. The number of hydrogen-bond donors (Lipinski definition) is 0. The van der Waals surface area contributed by atoms with Crippen molar-refractivity contribution in [2.45, 2.75) is 6.92 Å². The number of pyridine rings is 2. The highest BCUT2D eigenvalue weighted by Crippen LogP contribution is 2.33. The Labute approximate surface area is 110 Å². The van der Waals surface area contributed by atoms with Crippen molar-refractivity contribution in [3.05, 3.63) is 60.4 Å². The van der Waals surface area contributed by atoms with Crippen LogP contribution in [0.25, 0.3) is 32.6 Å². The molecule has 0 atom stereocenters. The van der Waals surface area contributed by atoms with Crippen molar-refractivity contribution in [1.29, 1.82) is 0 Å². The second kappa shape index (κ2) is 3.75. The van der Waals surface area contributed by atoms with Crippen LogP contribution in [0.1, 0.15) is 5.56 Å². The second-order valence-electron chi connectivity index (χ2n) is 4.80. The van der Waals surface area contributed by atoms with Gasteiger partial charge in [0.05, 0.1) is 11.0 Å². The van der Waals surface area contributed by atoms with Crippen LogP contribution in [0.3, 0.4) is 0 Å². The standard InChI is InChI=1S/C17H12N2/c1-11-5-2-6-14-15(11)17-13(8-4-10-19-17)12-7-3-9-18-16(12)14/h2-10H,1H3. The molecule has 0 aliphatic heterocycles. The largest absolute Gasteiger partial charge is 0.256 e. The van der Waals surface area contributed by atoms with E-state index in [9.17, 15) is 0 Å². The lowest BCUT2D eigenvalue weighted by atomic mass is 9.97. The van der Waals surface area contributed by atoms with Gasteiger partial charge < -0.3 is 0 Å². The van der Waals surface area contributed by atoms with E-state index in [4.69, 9.17) is 0 Å². The molecular weight excluding hydrogens is 232 g/mol. The molecule has 0 unspecified atom stereocenters. The quantitative estimate of drug-likeness (QED) is 0.432. The molecule has 0 saturated heterocycles. The van der Waals surface area contributed by atoms with Gasteiger partial charge in [-0.25, -0.2) is 0 Å². The maximum atomic E-state index is 4.59. The topological polar surface area (TPSA) is 25.8 Å². The van der Waals surface area contributed by atoms with Crippen LogP contribution in [-0.2, 0) is 0 Å². The van der Waals surface area contributed by atoms with Crippen molar-refractivity contribution in [2.24, 2.45) is 0 Å². The van der Waals surface area contributed by atoms with Gasteiger partial charge in [-0.05, 0) is 24.6 Å². The highest BCUT2D eigenvalue weighted by atomic mass is 14.7. The maximum absolute atomic E-state index is 4.59. The second-order valence-corrected chi connectivity index (χ2v) is 4.80. The Bertz CT molecular complexity index is 881. The number of aryl methyl sites for hydroxylation is 1. The zero-order chi connectivity index (χ0) is 12.8. The van der Waals surface area contributed by atoms with Gasteiger partial charge in [-0.15, -0.1) is 0 Å². The first kappa shape index (κ1) is 10.4. The minimum atomic E-state index is 1.06. The van der Waals surface area contributed by atoms with Gasteiger partial charge in [0.15, 0.2) is 0 Å². The van der Waals surface area contributed by atoms with Crippen LogP contribution >= 0.6 is 0 Å². The summed E-state index contributed by atoms with van der Waals surface area (Å²) in [6, 6.07) is 14.6. The van der Waals surface area contributed by atoms with Crippen molar-refractivity contribution in [3.8, 4) is 0 Å². The van der Waals surface area contributed by atoms with Crippen LogP contribution in [0, 0.1) is 6.92 Å². The normalized spacial score (nSPS) is 11.4. The van der Waals surface area contributed by atoms with Crippen LogP contribution in [0.5, 0.6) is 0 Å². The summed E-state index contributed by atoms with van der Waals surface area (Å²) in [5.74, 6) is 0. The summed E-state index contributed by atoms with van der Waals surface area (Å²) in [5.41, 5.74) is 3.37. The molecule has 0 aliphatic carbocycles. The summed E-state index contributed by atoms with van der Waals surface area (Å²) in [7, 11) is 0. The van der Waals surface area contributed by atoms with Gasteiger partial charge in [-0.2, -0.15) is 0 Å². The minimum Gasteiger partial charge on any atom is -0.256 e. The van der Waals surface area contributed by atoms with E-state index in [2.05, 4.69) is 47.2 Å². The summed E-state index contributed by atoms with van der Waals surface area (Å²) >= 11 is 0. The van der Waals surface area contributed by atoms with Gasteiger partial charge in [-0.1, -0.05) is 30.3 Å². The van der Waals surface area contributed by atoms with Crippen LogP contribution in [0.15, 0.2) is 54.9 Å². The zero-order valence-electron chi connectivity index (χ0n) is 10.6. The van der Waals surface area contributed by atoms with Crippen molar-refractivity contribution in [3.63, 3.8) is 0 Å². The molecule has 2 nitrogen and oxygen atoms in total. The third-order valence-corrected chi connectivity index (χ3v) is 3.67. The molecule has 2 aromatic carbocycles. The predicted molar refractivity (Wildman–Crippen MR) is 79.3 cm³/mol. The number of fused-ring (bicyclic) bond motifs is 6. The molecule has 0 N–H and O–H groups in total. The highest BCUT2D eigenvalue weighted by Gasteiger charge is 2.10. The molecule has 2 heteroatoms. The molecule has 0 saturated carbocycles. The summed E-state index contributed by atoms with van der Waals surface area (Å²) in [6.45, 7) is 2.13. The number of nitrogens with zero attached hydrogens (tertiary/aromatic N) is 2. The molecule has 4 aromatic rings. The molecule has 0 spiro atoms. The molecule has 0 amide bonds. The Hall–Kier alpha value is -2.48. The lowest BCUT2D eigenvalue weighted by molar-refractivity contribution is 1.40. The molecule has 0 bridgehead atoms. The molecule has 19 heavy (non-hydrogen) atoms. The molecular formula is C17H12N2. The lowest BCUT2D eigenvalue weighted by Gasteiger charge is -2.10. The average Bonchev–Trinajstić information content (AvgIpc) is 2.47. The Kier molecular flexibility index (Phi) is 2.06. The SMILES string of the molecule is Cc1cccc2c3ncccc3c3cccnc3c12. The first-order chi connectivity index (χ1) is 9.36. The summed E-state index contributed by atoms with van der Waals surface area (Å²) < 4.78 is 0. The van der Waals surface area contributed by atoms with E-state index in [1.165, 1.54) is 27.1 Å². The van der Waals surface area contributed by atoms with Crippen LogP contribution in [-0.4, -0.2) is 9.97 Å². The van der Waals surface area contributed by atoms with Gasteiger partial charge >= 0.3 is 0 Å². The molecule has 2 heterocycles. The van der Waals surface area contributed by atoms with E-state index in [-0.39, 0.29) is 0 Å². The van der Waals surface area contributed by atoms with Gasteiger partial charge in [0, 0.05) is 33.9 Å². The molecule has 90 valence electrons. The van der Waals surface area contributed by atoms with E-state index in [1.807, 2.05) is 24.5 Å². The van der Waals surface area contributed by atoms with Gasteiger partial charge in [0.2, 0.25) is 0 Å². The summed E-state index contributed by atoms with van der Waals surface area (Å²) in [4.78, 5) is 9.17. The molecule has 0 radical (unpaired) electrons. The number of aromatic nitrogens is 2. The number of benzene rings is 2. The maximum Gasteiger partial charge on any atom is 0.0790 e. The Balaban J connectivity index is 2.48. The predicted octanol–water partition coefficient (Wildman–Crippen LogP) is 4.24. The fourth-order valence-electron chi connectivity index (χ4n) is 2.84. The third-order valence-electron chi connectivity index (χ3n) is 3.67. The van der Waals surface area contributed by atoms with E-state index < -0.39 is 0 Å². The fourth-order valence-corrected chi connectivity index (χ4v) is 2.84. The van der Waals surface area contributed by atoms with Crippen molar-refractivity contribution < 1.29 is 0 Å². The molecule has 4 rings (SSSR count). The van der Waals surface area contributed by atoms with Gasteiger partial charge in [0.1, 0.15) is 0 Å². The van der Waals surface area contributed by atoms with Crippen LogP contribution in [0.2, 0.25) is 0 Å². The molecule has 0 aliphatic rings. The Morgan fingerprint density at radius 3 is 2.11 bits per heavy atom. The number of hydrogen-bond acceptors (Lipinski definition) is 2. The monoisotopic (exact) mass is 244 g/mol. The smallest absolute Gasteiger partial charge is 0.0790 e. The first-order valence-corrected chi connectivity index (χ1v) is 6.37. The van der Waals surface area contributed by atoms with Crippen molar-refractivity contribution >= 4 is 32.6 Å². The molecule has 2 aromatic heterocycles. The third kappa shape index (κ3) is 1.37. The van der Waals surface area contributed by atoms with Gasteiger partial charge in [0.25, 0.3) is 0 Å². The van der Waals surface area contributed by atoms with Gasteiger partial charge in [-0.3, -0.25) is 9.97 Å². The van der Waals surface area contributed by atoms with E-state index in [0.29, 0.717) is 0 Å². The number of rotatable bonds is 0. The zero-order valence-corrected chi connectivity index (χ0v) is 10.6. The highest BCUT2D eigenvalue weighted by molar-refractivity contribution is 6.23. The minimum absolute atomic E-state index is 1.06. The fraction of sp³-hybridized carbons (Fsp3) is 0.0588. The van der Waals surface area contributed by atoms with Crippen molar-refractivity contribution in [1.82, 2.24) is 9.97 Å². The lowest BCUT2D eigenvalue weighted by Crippen LogP contribution is -1.89. The van der Waals surface area contributed by atoms with E-state index >= 15 is 0 Å². The summed E-state index contributed by atoms with van der Waals surface area (Å²) in [6.07, 6.45) is 3.71. The Morgan fingerprint density at radius 1 is 0.684 bits per heavy atom. The van der Waals surface area contributed by atoms with E-state index in [0.717, 1.165) is 11.0 Å². The Morgan fingerprint density at radius 2 is 1.32 bits per heavy atom. The summed E-state index contributed by atoms with van der Waals surface area (Å²) in [5, 5.41) is 4.74. The van der Waals surface area contributed by atoms with Crippen LogP contribution in [0.4, 0.5) is 0 Å². The van der Waals surface area contributed by atoms with Crippen LogP contribution < -0.4 is 0 Å². The molecule has 0 fully saturated rings. The first-order valence-electron chi connectivity index (χ1n) is 6.37. The van der Waals surface area contributed by atoms with E-state index in [1.54, 1.807) is 0 Å². The van der Waals surface area contributed by atoms with Crippen molar-refractivity contribution in [2.75, 3.05) is 0 Å².